The van der Waals surface area contributed by atoms with Gasteiger partial charge in [-0.3, -0.25) is 9.69 Å². The molecule has 1 amide bonds. The highest BCUT2D eigenvalue weighted by molar-refractivity contribution is 7.89. The minimum absolute atomic E-state index is 0.0229. The molecule has 220 valence electrons. The average molecular weight is 611 g/mol. The maximum atomic E-state index is 14.8. The highest BCUT2D eigenvalue weighted by atomic mass is 35.5. The molecule has 1 heterocycles. The normalized spacial score (nSPS) is 18.0. The summed E-state index contributed by atoms with van der Waals surface area (Å²) in [5.41, 5.74) is -1.81. The van der Waals surface area contributed by atoms with Gasteiger partial charge in [0.1, 0.15) is 29.6 Å². The van der Waals surface area contributed by atoms with E-state index in [1.807, 2.05) is 0 Å². The average Bonchev–Trinajstić information content (AvgIpc) is 3.70. The van der Waals surface area contributed by atoms with Gasteiger partial charge >= 0.3 is 6.18 Å². The van der Waals surface area contributed by atoms with Crippen LogP contribution in [-0.2, 0) is 27.5 Å². The van der Waals surface area contributed by atoms with Crippen LogP contribution in [0.2, 0.25) is 5.02 Å². The molecular formula is C26H28ClF5N2O5S. The minimum atomic E-state index is -4.66. The second kappa shape index (κ2) is 11.4. The van der Waals surface area contributed by atoms with Crippen molar-refractivity contribution >= 4 is 27.5 Å². The van der Waals surface area contributed by atoms with Gasteiger partial charge in [0.25, 0.3) is 5.91 Å². The first-order valence-electron chi connectivity index (χ1n) is 12.4. The maximum Gasteiger partial charge on any atom is 0.416 e. The molecule has 2 aliphatic rings. The molecule has 0 unspecified atom stereocenters. The Kier molecular flexibility index (Phi) is 8.70. The number of carbonyl (C=O) groups is 1. The van der Waals surface area contributed by atoms with E-state index < -0.39 is 55.5 Å². The molecule has 7 nitrogen and oxygen atoms in total. The highest BCUT2D eigenvalue weighted by Crippen LogP contribution is 2.45. The molecule has 1 aliphatic heterocycles. The summed E-state index contributed by atoms with van der Waals surface area (Å²) in [6.45, 7) is 0.664. The first-order chi connectivity index (χ1) is 18.6. The molecule has 0 atom stereocenters. The predicted molar refractivity (Wildman–Crippen MR) is 137 cm³/mol. The van der Waals surface area contributed by atoms with Gasteiger partial charge in [-0.25, -0.2) is 21.9 Å². The summed E-state index contributed by atoms with van der Waals surface area (Å²) in [5.74, 6) is -2.66. The van der Waals surface area contributed by atoms with Gasteiger partial charge in [0.05, 0.1) is 22.4 Å². The molecule has 2 aromatic carbocycles. The highest BCUT2D eigenvalue weighted by Gasteiger charge is 2.38. The largest absolute Gasteiger partial charge is 0.490 e. The van der Waals surface area contributed by atoms with Crippen molar-refractivity contribution in [3.05, 3.63) is 63.2 Å². The SMILES string of the molecule is COC1(COc2cc(F)c(C(=O)NS(C)(=O)=O)cc2C2CC2)CCN(Cc2cc(C(F)(F)F)cc(Cl)c2F)CC1. The number of alkyl halides is 3. The monoisotopic (exact) mass is 610 g/mol. The van der Waals surface area contributed by atoms with E-state index in [0.717, 1.165) is 31.2 Å². The Balaban J connectivity index is 1.45. The maximum absolute atomic E-state index is 14.8. The van der Waals surface area contributed by atoms with Crippen molar-refractivity contribution in [2.45, 2.75) is 49.9 Å². The predicted octanol–water partition coefficient (Wildman–Crippen LogP) is 5.26. The molecule has 14 heteroatoms. The summed E-state index contributed by atoms with van der Waals surface area (Å²) in [7, 11) is -2.39. The number of carbonyl (C=O) groups excluding carboxylic acids is 1. The number of halogens is 6. The van der Waals surface area contributed by atoms with Crippen molar-refractivity contribution < 1.29 is 44.6 Å². The number of rotatable bonds is 9. The Morgan fingerprint density at radius 1 is 1.15 bits per heavy atom. The second-order valence-corrected chi connectivity index (χ2v) is 12.4. The molecule has 0 bridgehead atoms. The Labute approximate surface area is 233 Å². The van der Waals surface area contributed by atoms with Crippen LogP contribution in [0.15, 0.2) is 24.3 Å². The van der Waals surface area contributed by atoms with E-state index in [4.69, 9.17) is 21.1 Å². The fourth-order valence-electron chi connectivity index (χ4n) is 4.71. The van der Waals surface area contributed by atoms with Crippen molar-refractivity contribution in [3.63, 3.8) is 0 Å². The Hall–Kier alpha value is -2.48. The molecular weight excluding hydrogens is 583 g/mol. The zero-order valence-corrected chi connectivity index (χ0v) is 23.3. The summed E-state index contributed by atoms with van der Waals surface area (Å²) in [4.78, 5) is 14.1. The van der Waals surface area contributed by atoms with Gasteiger partial charge in [-0.1, -0.05) is 11.6 Å². The number of piperidine rings is 1. The standard InChI is InChI=1S/C26H28ClF5N2O5S/c1-38-25(5-7-34(8-6-25)13-16-9-17(26(30,31)32)10-20(27)23(16)29)14-39-22-12-21(28)19(11-18(22)15-3-4-15)24(35)33-40(2,36)37/h9-12,15H,3-8,13-14H2,1-2H3,(H,33,35). The van der Waals surface area contributed by atoms with Gasteiger partial charge in [-0.05, 0) is 55.4 Å². The van der Waals surface area contributed by atoms with Crippen molar-refractivity contribution in [1.82, 2.24) is 9.62 Å². The van der Waals surface area contributed by atoms with Crippen molar-refractivity contribution in [3.8, 4) is 5.75 Å². The van der Waals surface area contributed by atoms with E-state index in [0.29, 0.717) is 37.6 Å². The van der Waals surface area contributed by atoms with E-state index in [1.165, 1.54) is 13.2 Å². The van der Waals surface area contributed by atoms with Gasteiger partial charge in [0, 0.05) is 38.4 Å². The summed E-state index contributed by atoms with van der Waals surface area (Å²) in [5, 5.41) is -0.597. The van der Waals surface area contributed by atoms with Gasteiger partial charge in [0.2, 0.25) is 10.0 Å². The van der Waals surface area contributed by atoms with Crippen LogP contribution in [0.1, 0.15) is 58.6 Å². The van der Waals surface area contributed by atoms with E-state index in [2.05, 4.69) is 0 Å². The zero-order valence-electron chi connectivity index (χ0n) is 21.7. The molecule has 1 N–H and O–H groups in total. The van der Waals surface area contributed by atoms with E-state index in [9.17, 15) is 35.2 Å². The van der Waals surface area contributed by atoms with Gasteiger partial charge < -0.3 is 9.47 Å². The van der Waals surface area contributed by atoms with Crippen LogP contribution < -0.4 is 9.46 Å². The number of likely N-dealkylation sites (tertiary alicyclic amines) is 1. The Morgan fingerprint density at radius 2 is 1.80 bits per heavy atom. The summed E-state index contributed by atoms with van der Waals surface area (Å²) in [6.07, 6.45) is -1.47. The quantitative estimate of drug-likeness (QED) is 0.390. The van der Waals surface area contributed by atoms with Gasteiger partial charge in [-0.15, -0.1) is 0 Å². The van der Waals surface area contributed by atoms with E-state index in [-0.39, 0.29) is 30.4 Å². The number of hydrogen-bond donors (Lipinski definition) is 1. The third-order valence-corrected chi connectivity index (χ3v) is 7.99. The van der Waals surface area contributed by atoms with E-state index in [1.54, 1.807) is 9.62 Å². The number of methoxy groups -OCH3 is 1. The molecule has 1 saturated heterocycles. The third kappa shape index (κ3) is 7.23. The van der Waals surface area contributed by atoms with Gasteiger partial charge in [0.15, 0.2) is 0 Å². The van der Waals surface area contributed by atoms with Gasteiger partial charge in [-0.2, -0.15) is 13.2 Å². The number of hydrogen-bond acceptors (Lipinski definition) is 6. The van der Waals surface area contributed by atoms with Crippen LogP contribution in [0.3, 0.4) is 0 Å². The number of nitrogens with zero attached hydrogens (tertiary/aromatic N) is 1. The summed E-state index contributed by atoms with van der Waals surface area (Å²) >= 11 is 5.71. The Bertz CT molecular complexity index is 1390. The number of nitrogens with one attached hydrogen (secondary N) is 1. The number of sulfonamides is 1. The van der Waals surface area contributed by atoms with Crippen molar-refractivity contribution in [2.24, 2.45) is 0 Å². The zero-order chi connectivity index (χ0) is 29.5. The number of amides is 1. The lowest BCUT2D eigenvalue weighted by Gasteiger charge is -2.40. The van der Waals surface area contributed by atoms with E-state index >= 15 is 0 Å². The van der Waals surface area contributed by atoms with Crippen molar-refractivity contribution in [1.29, 1.82) is 0 Å². The fraction of sp³-hybridized carbons (Fsp3) is 0.500. The lowest BCUT2D eigenvalue weighted by Crippen LogP contribution is -2.49. The van der Waals surface area contributed by atoms with Crippen LogP contribution in [-0.4, -0.2) is 57.9 Å². The second-order valence-electron chi connectivity index (χ2n) is 10.2. The van der Waals surface area contributed by atoms with Crippen LogP contribution in [0.25, 0.3) is 0 Å². The smallest absolute Gasteiger partial charge is 0.416 e. The first-order valence-corrected chi connectivity index (χ1v) is 14.7. The van der Waals surface area contributed by atoms with Crippen LogP contribution in [0.5, 0.6) is 5.75 Å². The topological polar surface area (TPSA) is 84.9 Å². The molecule has 4 rings (SSSR count). The fourth-order valence-corrected chi connectivity index (χ4v) is 5.39. The molecule has 0 spiro atoms. The molecule has 0 aromatic heterocycles. The lowest BCUT2D eigenvalue weighted by molar-refractivity contribution is -0.137. The van der Waals surface area contributed by atoms with Crippen LogP contribution in [0.4, 0.5) is 22.0 Å². The molecule has 1 saturated carbocycles. The van der Waals surface area contributed by atoms with Crippen molar-refractivity contribution in [2.75, 3.05) is 33.1 Å². The molecule has 1 aliphatic carbocycles. The first kappa shape index (κ1) is 30.5. The molecule has 40 heavy (non-hydrogen) atoms. The molecule has 2 aromatic rings. The van der Waals surface area contributed by atoms with Crippen LogP contribution in [0, 0.1) is 11.6 Å². The van der Waals surface area contributed by atoms with Crippen LogP contribution >= 0.6 is 11.6 Å². The molecule has 2 fully saturated rings. The molecule has 0 radical (unpaired) electrons. The minimum Gasteiger partial charge on any atom is -0.490 e. The Morgan fingerprint density at radius 3 is 2.35 bits per heavy atom. The summed E-state index contributed by atoms with van der Waals surface area (Å²) < 4.78 is 105. The summed E-state index contributed by atoms with van der Waals surface area (Å²) in [6, 6.07) is 3.69. The number of benzene rings is 2. The third-order valence-electron chi connectivity index (χ3n) is 7.16. The number of ether oxygens (including phenoxy) is 2. The lowest BCUT2D eigenvalue weighted by atomic mass is 9.91.